The molecule has 1 heterocycles. The number of carbonyl (C=O) groups is 1. The number of esters is 1. The van der Waals surface area contributed by atoms with Crippen molar-refractivity contribution in [3.63, 3.8) is 0 Å². The number of hydrogen-bond acceptors (Lipinski definition) is 4. The van der Waals surface area contributed by atoms with Gasteiger partial charge in [-0.1, -0.05) is 6.58 Å². The minimum atomic E-state index is -0.423. The van der Waals surface area contributed by atoms with Crippen molar-refractivity contribution in [2.75, 3.05) is 19.6 Å². The molecule has 4 nitrogen and oxygen atoms in total. The predicted molar refractivity (Wildman–Crippen MR) is 59.0 cm³/mol. The number of hydrogen-bond donors (Lipinski definition) is 0. The van der Waals surface area contributed by atoms with E-state index >= 15 is 0 Å². The van der Waals surface area contributed by atoms with Gasteiger partial charge in [0.2, 0.25) is 0 Å². The zero-order valence-electron chi connectivity index (χ0n) is 8.73. The van der Waals surface area contributed by atoms with Crippen LogP contribution in [-0.2, 0) is 9.53 Å². The minimum absolute atomic E-state index is 0.311. The summed E-state index contributed by atoms with van der Waals surface area (Å²) in [4.78, 5) is 15.0. The van der Waals surface area contributed by atoms with Gasteiger partial charge in [0.15, 0.2) is 6.23 Å². The highest BCUT2D eigenvalue weighted by Crippen LogP contribution is 2.14. The molecule has 0 radical (unpaired) electrons. The molecule has 5 heteroatoms. The molecule has 0 aliphatic carbocycles. The Kier molecular flexibility index (Phi) is 4.49. The standard InChI is InChI=1S/C10H15ClN2O2/c1-3-10(14)15-9(4-5-11)13-7-6-12(2)8-13/h3,6-7,9H,1,4-5,8H2,2H3. The molecule has 0 aromatic carbocycles. The first-order valence-electron chi connectivity index (χ1n) is 4.70. The van der Waals surface area contributed by atoms with Crippen LogP contribution in [-0.4, -0.2) is 41.6 Å². The van der Waals surface area contributed by atoms with Gasteiger partial charge in [-0.05, 0) is 0 Å². The largest absolute Gasteiger partial charge is 0.438 e. The van der Waals surface area contributed by atoms with Crippen LogP contribution >= 0.6 is 11.6 Å². The lowest BCUT2D eigenvalue weighted by Crippen LogP contribution is -2.36. The molecule has 0 fully saturated rings. The summed E-state index contributed by atoms with van der Waals surface area (Å²) in [7, 11) is 1.95. The first-order chi connectivity index (χ1) is 7.17. The summed E-state index contributed by atoms with van der Waals surface area (Å²) in [6, 6.07) is 0. The minimum Gasteiger partial charge on any atom is -0.438 e. The van der Waals surface area contributed by atoms with E-state index in [1.54, 1.807) is 0 Å². The first-order valence-corrected chi connectivity index (χ1v) is 5.24. The predicted octanol–water partition coefficient (Wildman–Crippen LogP) is 1.35. The third kappa shape index (κ3) is 3.47. The van der Waals surface area contributed by atoms with E-state index in [1.165, 1.54) is 0 Å². The van der Waals surface area contributed by atoms with Crippen LogP contribution in [0.2, 0.25) is 0 Å². The Bertz CT molecular complexity index is 268. The molecule has 0 saturated carbocycles. The Morgan fingerprint density at radius 2 is 2.47 bits per heavy atom. The number of ether oxygens (including phenoxy) is 1. The van der Waals surface area contributed by atoms with Crippen molar-refractivity contribution in [2.45, 2.75) is 12.6 Å². The number of rotatable bonds is 5. The van der Waals surface area contributed by atoms with Gasteiger partial charge in [-0.25, -0.2) is 4.79 Å². The van der Waals surface area contributed by atoms with Crippen molar-refractivity contribution in [3.8, 4) is 0 Å². The Morgan fingerprint density at radius 3 is 2.93 bits per heavy atom. The van der Waals surface area contributed by atoms with E-state index in [-0.39, 0.29) is 6.23 Å². The lowest BCUT2D eigenvalue weighted by molar-refractivity contribution is -0.151. The maximum Gasteiger partial charge on any atom is 0.332 e. The third-order valence-corrected chi connectivity index (χ3v) is 2.26. The highest BCUT2D eigenvalue weighted by atomic mass is 35.5. The van der Waals surface area contributed by atoms with E-state index in [0.29, 0.717) is 19.0 Å². The average Bonchev–Trinajstić information content (AvgIpc) is 2.64. The molecule has 0 N–H and O–H groups in total. The maximum absolute atomic E-state index is 11.1. The Hall–Kier alpha value is -1.16. The third-order valence-electron chi connectivity index (χ3n) is 2.04. The molecule has 0 spiro atoms. The zero-order chi connectivity index (χ0) is 11.3. The van der Waals surface area contributed by atoms with E-state index in [2.05, 4.69) is 6.58 Å². The molecule has 1 rings (SSSR count). The molecule has 1 aliphatic heterocycles. The average molecular weight is 231 g/mol. The maximum atomic E-state index is 11.1. The molecule has 0 amide bonds. The summed E-state index contributed by atoms with van der Waals surface area (Å²) in [6.07, 6.45) is 5.25. The van der Waals surface area contributed by atoms with Crippen LogP contribution < -0.4 is 0 Å². The number of halogens is 1. The molecule has 0 bridgehead atoms. The topological polar surface area (TPSA) is 32.8 Å². The monoisotopic (exact) mass is 230 g/mol. The fourth-order valence-electron chi connectivity index (χ4n) is 1.31. The second-order valence-corrected chi connectivity index (χ2v) is 3.66. The van der Waals surface area contributed by atoms with Crippen molar-refractivity contribution >= 4 is 17.6 Å². The zero-order valence-corrected chi connectivity index (χ0v) is 9.48. The van der Waals surface area contributed by atoms with Crippen LogP contribution in [0.3, 0.4) is 0 Å². The molecule has 0 aromatic rings. The highest BCUT2D eigenvalue weighted by molar-refractivity contribution is 6.17. The van der Waals surface area contributed by atoms with Crippen LogP contribution in [0, 0.1) is 0 Å². The van der Waals surface area contributed by atoms with Gasteiger partial charge in [0.05, 0.1) is 6.67 Å². The molecule has 1 unspecified atom stereocenters. The summed E-state index contributed by atoms with van der Waals surface area (Å²) >= 11 is 5.66. The fraction of sp³-hybridized carbons (Fsp3) is 0.500. The second kappa shape index (κ2) is 5.66. The van der Waals surface area contributed by atoms with Gasteiger partial charge in [0, 0.05) is 37.8 Å². The van der Waals surface area contributed by atoms with Gasteiger partial charge in [0.25, 0.3) is 0 Å². The van der Waals surface area contributed by atoms with Crippen LogP contribution in [0.25, 0.3) is 0 Å². The second-order valence-electron chi connectivity index (χ2n) is 3.28. The summed E-state index contributed by atoms with van der Waals surface area (Å²) in [5, 5.41) is 0. The van der Waals surface area contributed by atoms with Crippen LogP contribution in [0.5, 0.6) is 0 Å². The molecule has 0 aromatic heterocycles. The number of carbonyl (C=O) groups excluding carboxylic acids is 1. The quantitative estimate of drug-likeness (QED) is 0.406. The van der Waals surface area contributed by atoms with Crippen LogP contribution in [0.4, 0.5) is 0 Å². The van der Waals surface area contributed by atoms with E-state index < -0.39 is 5.97 Å². The van der Waals surface area contributed by atoms with Gasteiger partial charge in [-0.15, -0.1) is 11.6 Å². The normalized spacial score (nSPS) is 16.7. The van der Waals surface area contributed by atoms with Crippen LogP contribution in [0.1, 0.15) is 6.42 Å². The first kappa shape index (κ1) is 11.9. The number of nitrogens with zero attached hydrogens (tertiary/aromatic N) is 2. The van der Waals surface area contributed by atoms with Crippen molar-refractivity contribution in [2.24, 2.45) is 0 Å². The SMILES string of the molecule is C=CC(=O)OC(CCCl)N1C=CN(C)C1. The molecule has 1 aliphatic rings. The molecule has 1 atom stereocenters. The van der Waals surface area contributed by atoms with Crippen molar-refractivity contribution in [1.29, 1.82) is 0 Å². The van der Waals surface area contributed by atoms with Crippen molar-refractivity contribution < 1.29 is 9.53 Å². The van der Waals surface area contributed by atoms with E-state index in [9.17, 15) is 4.79 Å². The van der Waals surface area contributed by atoms with Gasteiger partial charge in [0.1, 0.15) is 0 Å². The number of alkyl halides is 1. The lowest BCUT2D eigenvalue weighted by atomic mass is 10.4. The fourth-order valence-corrected chi connectivity index (χ4v) is 1.49. The summed E-state index contributed by atoms with van der Waals surface area (Å²) in [5.74, 6) is 0.0245. The van der Waals surface area contributed by atoms with Crippen LogP contribution in [0.15, 0.2) is 25.1 Å². The summed E-state index contributed by atoms with van der Waals surface area (Å²) in [6.45, 7) is 4.06. The highest BCUT2D eigenvalue weighted by Gasteiger charge is 2.21. The Balaban J connectivity index is 2.53. The molecular formula is C10H15ClN2O2. The van der Waals surface area contributed by atoms with Crippen molar-refractivity contribution in [1.82, 2.24) is 9.80 Å². The molecule has 84 valence electrons. The van der Waals surface area contributed by atoms with Gasteiger partial charge >= 0.3 is 5.97 Å². The molecule has 0 saturated heterocycles. The van der Waals surface area contributed by atoms with E-state index in [0.717, 1.165) is 6.08 Å². The summed E-state index contributed by atoms with van der Waals surface area (Å²) in [5.41, 5.74) is 0. The van der Waals surface area contributed by atoms with Crippen molar-refractivity contribution in [3.05, 3.63) is 25.1 Å². The molecule has 15 heavy (non-hydrogen) atoms. The van der Waals surface area contributed by atoms with E-state index in [4.69, 9.17) is 16.3 Å². The lowest BCUT2D eigenvalue weighted by Gasteiger charge is -2.27. The molecular weight excluding hydrogens is 216 g/mol. The Morgan fingerprint density at radius 1 is 1.73 bits per heavy atom. The Labute approximate surface area is 94.7 Å². The smallest absolute Gasteiger partial charge is 0.332 e. The van der Waals surface area contributed by atoms with Gasteiger partial charge < -0.3 is 14.5 Å². The van der Waals surface area contributed by atoms with E-state index in [1.807, 2.05) is 29.2 Å². The van der Waals surface area contributed by atoms with Gasteiger partial charge in [-0.2, -0.15) is 0 Å². The van der Waals surface area contributed by atoms with Gasteiger partial charge in [-0.3, -0.25) is 0 Å². The summed E-state index contributed by atoms with van der Waals surface area (Å²) < 4.78 is 5.18.